The number of imidazole rings is 1. The van der Waals surface area contributed by atoms with Crippen LogP contribution >= 0.6 is 0 Å². The summed E-state index contributed by atoms with van der Waals surface area (Å²) in [5.41, 5.74) is 1.77. The molecule has 3 amide bonds. The maximum absolute atomic E-state index is 12.4. The van der Waals surface area contributed by atoms with Crippen LogP contribution in [0.25, 0.3) is 0 Å². The molecule has 0 fully saturated rings. The molecule has 3 aromatic rings. The minimum absolute atomic E-state index is 0.0286. The smallest absolute Gasteiger partial charge is 0.276 e. The van der Waals surface area contributed by atoms with E-state index in [2.05, 4.69) is 25.9 Å². The van der Waals surface area contributed by atoms with Crippen LogP contribution in [0.4, 0.5) is 11.4 Å². The van der Waals surface area contributed by atoms with Gasteiger partial charge in [0.25, 0.3) is 17.7 Å². The molecule has 3 rings (SSSR count). The van der Waals surface area contributed by atoms with Gasteiger partial charge in [0.05, 0.1) is 18.0 Å². The zero-order valence-corrected chi connectivity index (χ0v) is 15.3. The van der Waals surface area contributed by atoms with Crippen LogP contribution in [0.3, 0.4) is 0 Å². The van der Waals surface area contributed by atoms with Gasteiger partial charge in [-0.2, -0.15) is 5.26 Å². The van der Waals surface area contributed by atoms with Crippen molar-refractivity contribution in [3.63, 3.8) is 0 Å². The lowest BCUT2D eigenvalue weighted by molar-refractivity contribution is 0.0943. The number of aromatic nitrogens is 2. The number of aromatic amines is 1. The van der Waals surface area contributed by atoms with Gasteiger partial charge in [0.2, 0.25) is 0 Å². The van der Waals surface area contributed by atoms with Crippen molar-refractivity contribution in [3.8, 4) is 6.07 Å². The summed E-state index contributed by atoms with van der Waals surface area (Å²) in [6.45, 7) is 0. The molecule has 0 unspecified atom stereocenters. The van der Waals surface area contributed by atoms with E-state index in [1.165, 1.54) is 19.4 Å². The average Bonchev–Trinajstić information content (AvgIpc) is 3.24. The highest BCUT2D eigenvalue weighted by molar-refractivity contribution is 6.10. The fourth-order valence-electron chi connectivity index (χ4n) is 2.52. The van der Waals surface area contributed by atoms with E-state index >= 15 is 0 Å². The van der Waals surface area contributed by atoms with Crippen LogP contribution in [0, 0.1) is 11.3 Å². The first-order chi connectivity index (χ1) is 14.0. The number of hydrogen-bond acceptors (Lipinski definition) is 5. The molecule has 0 aliphatic rings. The van der Waals surface area contributed by atoms with Crippen LogP contribution in [0.15, 0.2) is 54.9 Å². The fraction of sp³-hybridized carbons (Fsp3) is 0.0500. The van der Waals surface area contributed by atoms with Crippen LogP contribution < -0.4 is 16.0 Å². The Balaban J connectivity index is 1.67. The predicted molar refractivity (Wildman–Crippen MR) is 105 cm³/mol. The SMILES string of the molecule is CNC(=O)c1[nH]cnc1C(=O)Nc1ccc(NC(=O)c2cccc(C#N)c2)cc1. The van der Waals surface area contributed by atoms with E-state index in [4.69, 9.17) is 5.26 Å². The van der Waals surface area contributed by atoms with Crippen LogP contribution in [0.5, 0.6) is 0 Å². The van der Waals surface area contributed by atoms with Crippen molar-refractivity contribution in [2.75, 3.05) is 17.7 Å². The highest BCUT2D eigenvalue weighted by atomic mass is 16.2. The number of nitrogens with zero attached hydrogens (tertiary/aromatic N) is 2. The first-order valence-electron chi connectivity index (χ1n) is 8.50. The summed E-state index contributed by atoms with van der Waals surface area (Å²) in [7, 11) is 1.45. The van der Waals surface area contributed by atoms with Gasteiger partial charge in [-0.15, -0.1) is 0 Å². The Morgan fingerprint density at radius 1 is 0.966 bits per heavy atom. The van der Waals surface area contributed by atoms with Gasteiger partial charge in [-0.3, -0.25) is 14.4 Å². The molecule has 0 saturated heterocycles. The summed E-state index contributed by atoms with van der Waals surface area (Å²) in [6, 6.07) is 14.8. The fourth-order valence-corrected chi connectivity index (χ4v) is 2.52. The molecule has 144 valence electrons. The molecular formula is C20H16N6O3. The van der Waals surface area contributed by atoms with Gasteiger partial charge in [-0.25, -0.2) is 4.98 Å². The summed E-state index contributed by atoms with van der Waals surface area (Å²) in [6.07, 6.45) is 1.26. The second-order valence-corrected chi connectivity index (χ2v) is 5.88. The Morgan fingerprint density at radius 3 is 2.24 bits per heavy atom. The quantitative estimate of drug-likeness (QED) is 0.530. The number of carbonyl (C=O) groups is 3. The standard InChI is InChI=1S/C20H16N6O3/c1-22-19(28)16-17(24-11-23-16)20(29)26-15-7-5-14(6-8-15)25-18(27)13-4-2-3-12(9-13)10-21/h2-9,11H,1H3,(H,22,28)(H,23,24)(H,25,27)(H,26,29). The minimum Gasteiger partial charge on any atom is -0.354 e. The average molecular weight is 388 g/mol. The molecule has 2 aromatic carbocycles. The molecule has 0 bridgehead atoms. The summed E-state index contributed by atoms with van der Waals surface area (Å²) >= 11 is 0. The summed E-state index contributed by atoms with van der Waals surface area (Å²) in [5, 5.41) is 16.7. The van der Waals surface area contributed by atoms with Gasteiger partial charge < -0.3 is 20.9 Å². The largest absolute Gasteiger partial charge is 0.354 e. The van der Waals surface area contributed by atoms with Crippen molar-refractivity contribution in [1.29, 1.82) is 5.26 Å². The molecule has 1 heterocycles. The summed E-state index contributed by atoms with van der Waals surface area (Å²) in [4.78, 5) is 42.9. The molecule has 0 spiro atoms. The predicted octanol–water partition coefficient (Wildman–Crippen LogP) is 2.15. The van der Waals surface area contributed by atoms with E-state index in [-0.39, 0.29) is 17.3 Å². The third-order valence-electron chi connectivity index (χ3n) is 3.96. The molecule has 9 heteroatoms. The van der Waals surface area contributed by atoms with Crippen molar-refractivity contribution in [2.45, 2.75) is 0 Å². The molecule has 0 aliphatic heterocycles. The Morgan fingerprint density at radius 2 is 1.62 bits per heavy atom. The number of rotatable bonds is 5. The number of amides is 3. The van der Waals surface area contributed by atoms with Gasteiger partial charge in [0.1, 0.15) is 5.69 Å². The van der Waals surface area contributed by atoms with Gasteiger partial charge in [0.15, 0.2) is 5.69 Å². The van der Waals surface area contributed by atoms with Crippen molar-refractivity contribution >= 4 is 29.1 Å². The molecular weight excluding hydrogens is 372 g/mol. The van der Waals surface area contributed by atoms with E-state index in [0.29, 0.717) is 22.5 Å². The van der Waals surface area contributed by atoms with E-state index in [0.717, 1.165) is 0 Å². The molecule has 0 atom stereocenters. The highest BCUT2D eigenvalue weighted by Gasteiger charge is 2.19. The Bertz CT molecular complexity index is 1110. The molecule has 4 N–H and O–H groups in total. The molecule has 0 saturated carbocycles. The number of benzene rings is 2. The summed E-state index contributed by atoms with van der Waals surface area (Å²) < 4.78 is 0. The van der Waals surface area contributed by atoms with Crippen molar-refractivity contribution < 1.29 is 14.4 Å². The van der Waals surface area contributed by atoms with Gasteiger partial charge in [-0.1, -0.05) is 6.07 Å². The second kappa shape index (κ2) is 8.49. The first kappa shape index (κ1) is 19.3. The van der Waals surface area contributed by atoms with Gasteiger partial charge in [-0.05, 0) is 42.5 Å². The maximum atomic E-state index is 12.4. The minimum atomic E-state index is -0.546. The Hall–Kier alpha value is -4.45. The molecule has 29 heavy (non-hydrogen) atoms. The lowest BCUT2D eigenvalue weighted by Crippen LogP contribution is -2.23. The number of anilines is 2. The van der Waals surface area contributed by atoms with E-state index in [9.17, 15) is 14.4 Å². The van der Waals surface area contributed by atoms with Crippen molar-refractivity contribution in [1.82, 2.24) is 15.3 Å². The summed E-state index contributed by atoms with van der Waals surface area (Å²) in [5.74, 6) is -1.35. The number of carbonyl (C=O) groups excluding carboxylic acids is 3. The molecule has 0 radical (unpaired) electrons. The van der Waals surface area contributed by atoms with E-state index < -0.39 is 11.8 Å². The number of H-pyrrole nitrogens is 1. The number of hydrogen-bond donors (Lipinski definition) is 4. The van der Waals surface area contributed by atoms with E-state index in [1.807, 2.05) is 6.07 Å². The zero-order chi connectivity index (χ0) is 20.8. The maximum Gasteiger partial charge on any atom is 0.276 e. The van der Waals surface area contributed by atoms with E-state index in [1.54, 1.807) is 42.5 Å². The van der Waals surface area contributed by atoms with Gasteiger partial charge in [0, 0.05) is 24.0 Å². The normalized spacial score (nSPS) is 9.93. The lowest BCUT2D eigenvalue weighted by Gasteiger charge is -2.08. The Kier molecular flexibility index (Phi) is 5.66. The van der Waals surface area contributed by atoms with Crippen LogP contribution in [-0.2, 0) is 0 Å². The Labute approximate surface area is 165 Å². The second-order valence-electron chi connectivity index (χ2n) is 5.88. The highest BCUT2D eigenvalue weighted by Crippen LogP contribution is 2.16. The van der Waals surface area contributed by atoms with Crippen LogP contribution in [-0.4, -0.2) is 34.7 Å². The third-order valence-corrected chi connectivity index (χ3v) is 3.96. The lowest BCUT2D eigenvalue weighted by atomic mass is 10.1. The van der Waals surface area contributed by atoms with Crippen LogP contribution in [0.1, 0.15) is 36.9 Å². The zero-order valence-electron chi connectivity index (χ0n) is 15.3. The molecule has 9 nitrogen and oxygen atoms in total. The van der Waals surface area contributed by atoms with Crippen molar-refractivity contribution in [3.05, 3.63) is 77.4 Å². The number of nitriles is 1. The topological polar surface area (TPSA) is 140 Å². The van der Waals surface area contributed by atoms with Crippen molar-refractivity contribution in [2.24, 2.45) is 0 Å². The first-order valence-corrected chi connectivity index (χ1v) is 8.50. The monoisotopic (exact) mass is 388 g/mol. The van der Waals surface area contributed by atoms with Gasteiger partial charge >= 0.3 is 0 Å². The molecule has 0 aliphatic carbocycles. The van der Waals surface area contributed by atoms with Crippen LogP contribution in [0.2, 0.25) is 0 Å². The molecule has 1 aromatic heterocycles. The third kappa shape index (κ3) is 4.45. The number of nitrogens with one attached hydrogen (secondary N) is 4.